The van der Waals surface area contributed by atoms with Gasteiger partial charge in [-0.2, -0.15) is 0 Å². The summed E-state index contributed by atoms with van der Waals surface area (Å²) in [6.45, 7) is 0. The van der Waals surface area contributed by atoms with E-state index in [2.05, 4.69) is 216 Å². The first-order chi connectivity index (χ1) is 24.8. The van der Waals surface area contributed by atoms with Crippen LogP contribution in [0.2, 0.25) is 0 Å². The first-order valence-corrected chi connectivity index (χ1v) is 17.1. The highest BCUT2D eigenvalue weighted by Crippen LogP contribution is 2.43. The van der Waals surface area contributed by atoms with E-state index < -0.39 is 0 Å². The van der Waals surface area contributed by atoms with Gasteiger partial charge in [-0.25, -0.2) is 0 Å². The zero-order valence-corrected chi connectivity index (χ0v) is 27.5. The Kier molecular flexibility index (Phi) is 7.53. The van der Waals surface area contributed by atoms with Crippen LogP contribution in [0.25, 0.3) is 60.9 Å². The quantitative estimate of drug-likeness (QED) is 0.169. The van der Waals surface area contributed by atoms with Crippen molar-refractivity contribution in [1.29, 1.82) is 0 Å². The summed E-state index contributed by atoms with van der Waals surface area (Å²) in [5, 5.41) is 2.45. The summed E-state index contributed by atoms with van der Waals surface area (Å²) in [6.07, 6.45) is 0. The Morgan fingerprint density at radius 2 is 0.840 bits per heavy atom. The largest absolute Gasteiger partial charge is 0.310 e. The van der Waals surface area contributed by atoms with Crippen molar-refractivity contribution in [3.05, 3.63) is 206 Å². The Morgan fingerprint density at radius 3 is 1.54 bits per heavy atom. The van der Waals surface area contributed by atoms with E-state index in [0.29, 0.717) is 0 Å². The fraction of sp³-hybridized carbons (Fsp3) is 0. The molecule has 50 heavy (non-hydrogen) atoms. The smallest absolute Gasteiger partial charge is 0.0547 e. The van der Waals surface area contributed by atoms with Gasteiger partial charge < -0.3 is 9.47 Å². The minimum atomic E-state index is 1.11. The van der Waals surface area contributed by atoms with Gasteiger partial charge in [0.15, 0.2) is 0 Å². The van der Waals surface area contributed by atoms with Crippen LogP contribution in [0.1, 0.15) is 0 Å². The Hall–Kier alpha value is -6.64. The van der Waals surface area contributed by atoms with Gasteiger partial charge in [0.1, 0.15) is 0 Å². The molecule has 0 aliphatic carbocycles. The number of nitrogens with zero attached hydrogens (tertiary/aromatic N) is 2. The molecule has 0 fully saturated rings. The van der Waals surface area contributed by atoms with Crippen molar-refractivity contribution in [1.82, 2.24) is 4.57 Å². The van der Waals surface area contributed by atoms with E-state index in [1.165, 1.54) is 55.2 Å². The van der Waals surface area contributed by atoms with E-state index in [4.69, 9.17) is 0 Å². The molecule has 0 saturated heterocycles. The Balaban J connectivity index is 1.27. The van der Waals surface area contributed by atoms with Gasteiger partial charge >= 0.3 is 0 Å². The topological polar surface area (TPSA) is 8.17 Å². The normalized spacial score (nSPS) is 11.2. The third-order valence-corrected chi connectivity index (χ3v) is 9.57. The molecule has 0 aliphatic heterocycles. The van der Waals surface area contributed by atoms with Gasteiger partial charge in [-0.3, -0.25) is 0 Å². The number of hydrogen-bond donors (Lipinski definition) is 0. The molecule has 2 heteroatoms. The van der Waals surface area contributed by atoms with Crippen molar-refractivity contribution in [2.45, 2.75) is 0 Å². The van der Waals surface area contributed by atoms with Crippen LogP contribution < -0.4 is 4.90 Å². The van der Waals surface area contributed by atoms with Crippen LogP contribution in [-0.4, -0.2) is 4.57 Å². The molecule has 9 aromatic rings. The van der Waals surface area contributed by atoms with E-state index in [1.807, 2.05) is 0 Å². The minimum Gasteiger partial charge on any atom is -0.310 e. The highest BCUT2D eigenvalue weighted by atomic mass is 15.1. The van der Waals surface area contributed by atoms with Gasteiger partial charge in [0.25, 0.3) is 0 Å². The number of anilines is 3. The number of hydrogen-bond acceptors (Lipinski definition) is 1. The summed E-state index contributed by atoms with van der Waals surface area (Å²) >= 11 is 0. The number of aromatic nitrogens is 1. The fourth-order valence-electron chi connectivity index (χ4n) is 7.25. The van der Waals surface area contributed by atoms with Crippen LogP contribution in [0.15, 0.2) is 206 Å². The third kappa shape index (κ3) is 5.34. The molecule has 0 radical (unpaired) electrons. The van der Waals surface area contributed by atoms with Gasteiger partial charge in [-0.15, -0.1) is 0 Å². The van der Waals surface area contributed by atoms with Crippen LogP contribution in [0.4, 0.5) is 17.1 Å². The lowest BCUT2D eigenvalue weighted by Gasteiger charge is -2.26. The number of fused-ring (bicyclic) bond motifs is 3. The predicted molar refractivity (Wildman–Crippen MR) is 212 cm³/mol. The molecule has 8 aromatic carbocycles. The molecule has 9 rings (SSSR count). The summed E-state index contributed by atoms with van der Waals surface area (Å²) < 4.78 is 2.40. The molecule has 2 nitrogen and oxygen atoms in total. The van der Waals surface area contributed by atoms with Gasteiger partial charge in [0.05, 0.1) is 11.0 Å². The van der Waals surface area contributed by atoms with Crippen LogP contribution in [0.5, 0.6) is 0 Å². The highest BCUT2D eigenvalue weighted by Gasteiger charge is 2.20. The third-order valence-electron chi connectivity index (χ3n) is 9.57. The maximum absolute atomic E-state index is 2.40. The molecular weight excluding hydrogens is 605 g/mol. The lowest BCUT2D eigenvalue weighted by Crippen LogP contribution is -2.09. The number of para-hydroxylation sites is 2. The summed E-state index contributed by atoms with van der Waals surface area (Å²) in [5.41, 5.74) is 14.1. The second-order valence-corrected chi connectivity index (χ2v) is 12.6. The van der Waals surface area contributed by atoms with Crippen LogP contribution in [-0.2, 0) is 0 Å². The van der Waals surface area contributed by atoms with Crippen LogP contribution >= 0.6 is 0 Å². The van der Waals surface area contributed by atoms with Gasteiger partial charge in [-0.05, 0) is 100 Å². The first-order valence-electron chi connectivity index (χ1n) is 17.1. The molecule has 236 valence electrons. The predicted octanol–water partition coefficient (Wildman–Crippen LogP) is 13.3. The average Bonchev–Trinajstić information content (AvgIpc) is 3.54. The average molecular weight is 639 g/mol. The van der Waals surface area contributed by atoms with Crippen molar-refractivity contribution in [2.24, 2.45) is 0 Å². The Labute approximate surface area is 292 Å². The van der Waals surface area contributed by atoms with E-state index in [9.17, 15) is 0 Å². The van der Waals surface area contributed by atoms with E-state index in [1.54, 1.807) is 0 Å². The molecule has 0 aliphatic rings. The minimum absolute atomic E-state index is 1.11. The van der Waals surface area contributed by atoms with Crippen LogP contribution in [0.3, 0.4) is 0 Å². The van der Waals surface area contributed by atoms with Crippen molar-refractivity contribution >= 4 is 38.9 Å². The van der Waals surface area contributed by atoms with Crippen molar-refractivity contribution in [3.8, 4) is 39.1 Å². The molecule has 1 aromatic heterocycles. The maximum atomic E-state index is 2.40. The molecule has 1 heterocycles. The first kappa shape index (κ1) is 29.5. The standard InChI is InChI=1S/C48H34N2/c1-5-15-35(16-6-1)37-27-29-42(30-28-37)49(40-21-9-3-10-22-40)43-31-32-46-45(34-43)48-44(25-14-26-47(48)50(46)41-23-11-4-12-24-41)39-20-13-19-38(33-39)36-17-7-2-8-18-36/h1-34H. The fourth-order valence-corrected chi connectivity index (χ4v) is 7.25. The molecule has 0 amide bonds. The molecule has 0 unspecified atom stereocenters. The molecule has 0 bridgehead atoms. The lowest BCUT2D eigenvalue weighted by atomic mass is 9.96. The van der Waals surface area contributed by atoms with Crippen LogP contribution in [0, 0.1) is 0 Å². The Morgan fingerprint density at radius 1 is 0.320 bits per heavy atom. The van der Waals surface area contributed by atoms with Crippen molar-refractivity contribution in [3.63, 3.8) is 0 Å². The summed E-state index contributed by atoms with van der Waals surface area (Å²) in [7, 11) is 0. The highest BCUT2D eigenvalue weighted by molar-refractivity contribution is 6.16. The molecule has 0 saturated carbocycles. The number of rotatable bonds is 7. The molecular formula is C48H34N2. The zero-order valence-electron chi connectivity index (χ0n) is 27.5. The summed E-state index contributed by atoms with van der Waals surface area (Å²) in [6, 6.07) is 74.0. The summed E-state index contributed by atoms with van der Waals surface area (Å²) in [4.78, 5) is 2.36. The van der Waals surface area contributed by atoms with E-state index in [-0.39, 0.29) is 0 Å². The lowest BCUT2D eigenvalue weighted by molar-refractivity contribution is 1.18. The van der Waals surface area contributed by atoms with Crippen molar-refractivity contribution in [2.75, 3.05) is 4.90 Å². The monoisotopic (exact) mass is 638 g/mol. The van der Waals surface area contributed by atoms with Crippen molar-refractivity contribution < 1.29 is 0 Å². The van der Waals surface area contributed by atoms with Gasteiger partial charge in [0.2, 0.25) is 0 Å². The second-order valence-electron chi connectivity index (χ2n) is 12.6. The molecule has 0 spiro atoms. The SMILES string of the molecule is c1ccc(-c2ccc(N(c3ccccc3)c3ccc4c(c3)c3c(-c5cccc(-c6ccccc6)c5)cccc3n4-c3ccccc3)cc2)cc1. The second kappa shape index (κ2) is 12.8. The van der Waals surface area contributed by atoms with E-state index in [0.717, 1.165) is 22.7 Å². The van der Waals surface area contributed by atoms with Gasteiger partial charge in [0, 0.05) is 33.5 Å². The van der Waals surface area contributed by atoms with Gasteiger partial charge in [-0.1, -0.05) is 140 Å². The Bertz CT molecular complexity index is 2550. The number of benzene rings is 8. The van der Waals surface area contributed by atoms with E-state index >= 15 is 0 Å². The molecule has 0 atom stereocenters. The molecule has 0 N–H and O–H groups in total. The zero-order chi connectivity index (χ0) is 33.3. The maximum Gasteiger partial charge on any atom is 0.0547 e. The summed E-state index contributed by atoms with van der Waals surface area (Å²) in [5.74, 6) is 0.